The van der Waals surface area contributed by atoms with E-state index in [9.17, 15) is 18.7 Å². The Balaban J connectivity index is 1.70. The molecule has 38 heavy (non-hydrogen) atoms. The number of ether oxygens (including phenoxy) is 4. The minimum atomic E-state index is -1.20. The molecule has 2 aliphatic rings. The minimum absolute atomic E-state index is 0.000691. The molecule has 1 saturated carbocycles. The molecule has 0 unspecified atom stereocenters. The average Bonchev–Trinajstić information content (AvgIpc) is 3.34. The molecule has 1 aliphatic heterocycles. The molecule has 1 aromatic rings. The van der Waals surface area contributed by atoms with Gasteiger partial charge in [0.25, 0.3) is 0 Å². The number of alkyl halides is 1. The summed E-state index contributed by atoms with van der Waals surface area (Å²) in [6.45, 7) is 7.37. The first-order chi connectivity index (χ1) is 17.9. The molecular weight excluding hydrogens is 498 g/mol. The lowest BCUT2D eigenvalue weighted by atomic mass is 9.89. The van der Waals surface area contributed by atoms with Gasteiger partial charge in [0.1, 0.15) is 17.2 Å². The van der Waals surface area contributed by atoms with Gasteiger partial charge in [-0.1, -0.05) is 19.8 Å². The molecule has 8 nitrogen and oxygen atoms in total. The van der Waals surface area contributed by atoms with Crippen LogP contribution < -0.4 is 10.5 Å². The van der Waals surface area contributed by atoms with Gasteiger partial charge in [0.05, 0.1) is 45.2 Å². The summed E-state index contributed by atoms with van der Waals surface area (Å²) in [5.41, 5.74) is 5.66. The number of hydrogen-bond acceptors (Lipinski definition) is 7. The molecule has 0 bridgehead atoms. The lowest BCUT2D eigenvalue weighted by molar-refractivity contribution is -0.213. The Labute approximate surface area is 224 Å². The highest BCUT2D eigenvalue weighted by molar-refractivity contribution is 5.69. The molecule has 0 radical (unpaired) electrons. The molecule has 3 N–H and O–H groups in total. The maximum atomic E-state index is 14.2. The van der Waals surface area contributed by atoms with Crippen LogP contribution in [0.4, 0.5) is 13.6 Å². The SMILES string of the molecule is CCCOc1cc(F)cc(C[C@H](N)[C@H](O)[C@H]2CO[C@@H](OCC3(CF)CCCC3)CN2C(=O)OC(C)(C)C)c1. The standard InChI is InChI=1S/C28H44F2N2O6/c1-5-10-35-21-12-19(11-20(30)14-21)13-22(31)25(33)23-16-36-24(15-32(23)26(34)38-27(2,3)4)37-18-28(17-29)8-6-7-9-28/h11-12,14,22-25,33H,5-10,13,15-18,31H2,1-4H3/t22-,23+,24-,25-/m0/s1. The van der Waals surface area contributed by atoms with E-state index < -0.39 is 54.1 Å². The maximum absolute atomic E-state index is 14.2. The summed E-state index contributed by atoms with van der Waals surface area (Å²) in [6.07, 6.45) is 1.77. The second-order valence-corrected chi connectivity index (χ2v) is 11.6. The molecule has 1 amide bonds. The summed E-state index contributed by atoms with van der Waals surface area (Å²) in [7, 11) is 0. The Morgan fingerprint density at radius 1 is 1.29 bits per heavy atom. The highest BCUT2D eigenvalue weighted by Crippen LogP contribution is 2.39. The molecular formula is C28H44F2N2O6. The van der Waals surface area contributed by atoms with Crippen LogP contribution in [0.2, 0.25) is 0 Å². The van der Waals surface area contributed by atoms with Crippen LogP contribution in [0, 0.1) is 11.2 Å². The largest absolute Gasteiger partial charge is 0.493 e. The number of nitrogens with zero attached hydrogens (tertiary/aromatic N) is 1. The molecule has 2 fully saturated rings. The van der Waals surface area contributed by atoms with Crippen LogP contribution in [0.3, 0.4) is 0 Å². The number of nitrogens with two attached hydrogens (primary N) is 1. The quantitative estimate of drug-likeness (QED) is 0.428. The van der Waals surface area contributed by atoms with Crippen LogP contribution in [-0.4, -0.2) is 79.2 Å². The van der Waals surface area contributed by atoms with Crippen molar-refractivity contribution in [3.63, 3.8) is 0 Å². The number of carbonyl (C=O) groups is 1. The van der Waals surface area contributed by atoms with Crippen LogP contribution in [0.15, 0.2) is 18.2 Å². The van der Waals surface area contributed by atoms with E-state index in [0.29, 0.717) is 17.9 Å². The summed E-state index contributed by atoms with van der Waals surface area (Å²) in [4.78, 5) is 14.5. The van der Waals surface area contributed by atoms with Crippen molar-refractivity contribution in [2.45, 2.75) is 96.3 Å². The Morgan fingerprint density at radius 3 is 2.63 bits per heavy atom. The van der Waals surface area contributed by atoms with Crippen molar-refractivity contribution in [1.82, 2.24) is 4.90 Å². The molecule has 1 heterocycles. The predicted molar refractivity (Wildman–Crippen MR) is 139 cm³/mol. The third-order valence-electron chi connectivity index (χ3n) is 7.06. The first-order valence-electron chi connectivity index (χ1n) is 13.6. The Bertz CT molecular complexity index is 906. The molecule has 4 atom stereocenters. The molecule has 3 rings (SSSR count). The molecule has 1 saturated heterocycles. The number of benzene rings is 1. The number of halogens is 2. The van der Waals surface area contributed by atoms with Gasteiger partial charge in [0.15, 0.2) is 6.29 Å². The van der Waals surface area contributed by atoms with E-state index in [1.54, 1.807) is 26.8 Å². The Hall–Kier alpha value is -2.01. The van der Waals surface area contributed by atoms with Crippen LogP contribution in [0.25, 0.3) is 0 Å². The van der Waals surface area contributed by atoms with Gasteiger partial charge in [-0.25, -0.2) is 9.18 Å². The van der Waals surface area contributed by atoms with Crippen LogP contribution in [-0.2, 0) is 20.6 Å². The normalized spacial score (nSPS) is 23.2. The van der Waals surface area contributed by atoms with Gasteiger partial charge in [-0.05, 0) is 64.2 Å². The molecule has 10 heteroatoms. The van der Waals surface area contributed by atoms with Crippen molar-refractivity contribution >= 4 is 6.09 Å². The van der Waals surface area contributed by atoms with Crippen LogP contribution in [0.5, 0.6) is 5.75 Å². The van der Waals surface area contributed by atoms with Crippen molar-refractivity contribution in [3.05, 3.63) is 29.6 Å². The van der Waals surface area contributed by atoms with E-state index in [-0.39, 0.29) is 26.2 Å². The lowest BCUT2D eigenvalue weighted by Crippen LogP contribution is -2.62. The van der Waals surface area contributed by atoms with Gasteiger partial charge in [-0.3, -0.25) is 9.29 Å². The number of aliphatic hydroxyl groups excluding tert-OH is 1. The topological polar surface area (TPSA) is 103 Å². The van der Waals surface area contributed by atoms with Gasteiger partial charge < -0.3 is 29.8 Å². The van der Waals surface area contributed by atoms with Gasteiger partial charge in [-0.15, -0.1) is 0 Å². The van der Waals surface area contributed by atoms with Crippen LogP contribution >= 0.6 is 0 Å². The zero-order valence-electron chi connectivity index (χ0n) is 23.1. The Kier molecular flexibility index (Phi) is 10.7. The predicted octanol–water partition coefficient (Wildman–Crippen LogP) is 4.35. The number of hydrogen-bond donors (Lipinski definition) is 2. The van der Waals surface area contributed by atoms with Crippen LogP contribution in [0.1, 0.15) is 65.4 Å². The van der Waals surface area contributed by atoms with E-state index in [4.69, 9.17) is 24.7 Å². The highest BCUT2D eigenvalue weighted by atomic mass is 19.1. The van der Waals surface area contributed by atoms with Gasteiger partial charge in [0.2, 0.25) is 0 Å². The molecule has 1 aliphatic carbocycles. The van der Waals surface area contributed by atoms with Crippen molar-refractivity contribution in [1.29, 1.82) is 0 Å². The van der Waals surface area contributed by atoms with Gasteiger partial charge in [-0.2, -0.15) is 0 Å². The molecule has 216 valence electrons. The van der Waals surface area contributed by atoms with Crippen molar-refractivity contribution in [2.75, 3.05) is 33.0 Å². The number of morpholine rings is 1. The first-order valence-corrected chi connectivity index (χ1v) is 13.6. The summed E-state index contributed by atoms with van der Waals surface area (Å²) in [5.74, 6) is -0.0618. The smallest absolute Gasteiger partial charge is 0.410 e. The van der Waals surface area contributed by atoms with Crippen molar-refractivity contribution in [2.24, 2.45) is 11.1 Å². The molecule has 0 aromatic heterocycles. The first kappa shape index (κ1) is 30.5. The number of amides is 1. The fourth-order valence-corrected chi connectivity index (χ4v) is 4.99. The summed E-state index contributed by atoms with van der Waals surface area (Å²) in [5, 5.41) is 11.2. The average molecular weight is 543 g/mol. The maximum Gasteiger partial charge on any atom is 0.410 e. The summed E-state index contributed by atoms with van der Waals surface area (Å²) in [6, 6.07) is 2.70. The monoisotopic (exact) mass is 542 g/mol. The van der Waals surface area contributed by atoms with E-state index >= 15 is 0 Å². The third-order valence-corrected chi connectivity index (χ3v) is 7.06. The van der Waals surface area contributed by atoms with Gasteiger partial charge in [0, 0.05) is 17.5 Å². The van der Waals surface area contributed by atoms with E-state index in [1.165, 1.54) is 17.0 Å². The number of aliphatic hydroxyl groups is 1. The summed E-state index contributed by atoms with van der Waals surface area (Å²) >= 11 is 0. The molecule has 1 aromatic carbocycles. The van der Waals surface area contributed by atoms with E-state index in [0.717, 1.165) is 32.1 Å². The van der Waals surface area contributed by atoms with Crippen molar-refractivity contribution in [3.8, 4) is 5.75 Å². The van der Waals surface area contributed by atoms with Crippen molar-refractivity contribution < 1.29 is 37.6 Å². The minimum Gasteiger partial charge on any atom is -0.493 e. The Morgan fingerprint density at radius 2 is 2.00 bits per heavy atom. The highest BCUT2D eigenvalue weighted by Gasteiger charge is 2.42. The summed E-state index contributed by atoms with van der Waals surface area (Å²) < 4.78 is 50.9. The van der Waals surface area contributed by atoms with E-state index in [2.05, 4.69) is 0 Å². The van der Waals surface area contributed by atoms with E-state index in [1.807, 2.05) is 6.92 Å². The fourth-order valence-electron chi connectivity index (χ4n) is 4.99. The zero-order chi connectivity index (χ0) is 27.9. The zero-order valence-corrected chi connectivity index (χ0v) is 23.1. The number of carbonyl (C=O) groups excluding carboxylic acids is 1. The lowest BCUT2D eigenvalue weighted by Gasteiger charge is -2.43. The number of rotatable bonds is 11. The third kappa shape index (κ3) is 8.49. The molecule has 0 spiro atoms. The second-order valence-electron chi connectivity index (χ2n) is 11.6. The van der Waals surface area contributed by atoms with Gasteiger partial charge >= 0.3 is 6.09 Å². The second kappa shape index (κ2) is 13.4. The fraction of sp³-hybridized carbons (Fsp3) is 0.750.